The van der Waals surface area contributed by atoms with Crippen LogP contribution in [0.3, 0.4) is 0 Å². The maximum absolute atomic E-state index is 12.6. The van der Waals surface area contributed by atoms with Gasteiger partial charge in [-0.05, 0) is 44.7 Å². The van der Waals surface area contributed by atoms with Crippen LogP contribution in [0.5, 0.6) is 0 Å². The number of hydrogen-bond acceptors (Lipinski definition) is 3. The molecule has 1 aliphatic heterocycles. The molecule has 2 fully saturated rings. The number of pyridine rings is 1. The molecule has 2 heterocycles. The second-order valence-electron chi connectivity index (χ2n) is 7.42. The third-order valence-electron chi connectivity index (χ3n) is 5.38. The number of rotatable bonds is 3. The summed E-state index contributed by atoms with van der Waals surface area (Å²) < 4.78 is 0. The minimum absolute atomic E-state index is 0.0832. The maximum atomic E-state index is 12.6. The average Bonchev–Trinajstić information content (AvgIpc) is 3.02. The van der Waals surface area contributed by atoms with Crippen LogP contribution in [0.2, 0.25) is 0 Å². The molecule has 2 N–H and O–H groups in total. The van der Waals surface area contributed by atoms with Gasteiger partial charge in [0.25, 0.3) is 11.5 Å². The molecule has 6 heteroatoms. The fraction of sp³-hybridized carbons (Fsp3) is 0.632. The van der Waals surface area contributed by atoms with Gasteiger partial charge in [-0.15, -0.1) is 0 Å². The Hall–Kier alpha value is -2.11. The van der Waals surface area contributed by atoms with Crippen molar-refractivity contribution in [2.45, 2.75) is 58.4 Å². The van der Waals surface area contributed by atoms with Crippen molar-refractivity contribution in [1.82, 2.24) is 15.2 Å². The van der Waals surface area contributed by atoms with Gasteiger partial charge in [0.05, 0.1) is 0 Å². The summed E-state index contributed by atoms with van der Waals surface area (Å²) in [6, 6.07) is 1.71. The molecule has 0 radical (unpaired) electrons. The topological polar surface area (TPSA) is 82.3 Å². The maximum Gasteiger partial charge on any atom is 0.261 e. The first-order chi connectivity index (χ1) is 12.0. The van der Waals surface area contributed by atoms with Crippen molar-refractivity contribution in [3.8, 4) is 0 Å². The Labute approximate surface area is 148 Å². The average molecular weight is 345 g/mol. The van der Waals surface area contributed by atoms with E-state index in [4.69, 9.17) is 0 Å². The molecule has 1 saturated carbocycles. The van der Waals surface area contributed by atoms with Gasteiger partial charge in [0.2, 0.25) is 5.91 Å². The molecule has 1 atom stereocenters. The first kappa shape index (κ1) is 17.7. The summed E-state index contributed by atoms with van der Waals surface area (Å²) in [6.45, 7) is 4.79. The van der Waals surface area contributed by atoms with Crippen molar-refractivity contribution < 1.29 is 9.59 Å². The summed E-state index contributed by atoms with van der Waals surface area (Å²) in [4.78, 5) is 41.7. The van der Waals surface area contributed by atoms with Gasteiger partial charge in [0, 0.05) is 30.7 Å². The molecule has 136 valence electrons. The molecule has 0 aromatic carbocycles. The number of carbonyl (C=O) groups excluding carboxylic acids is 2. The van der Waals surface area contributed by atoms with Gasteiger partial charge in [0.1, 0.15) is 5.56 Å². The zero-order valence-electron chi connectivity index (χ0n) is 15.1. The minimum atomic E-state index is -0.358. The Morgan fingerprint density at radius 2 is 1.88 bits per heavy atom. The number of aromatic nitrogens is 1. The first-order valence-electron chi connectivity index (χ1n) is 9.26. The third-order valence-corrected chi connectivity index (χ3v) is 5.38. The minimum Gasteiger partial charge on any atom is -0.347 e. The van der Waals surface area contributed by atoms with Crippen molar-refractivity contribution >= 4 is 11.8 Å². The lowest BCUT2D eigenvalue weighted by Crippen LogP contribution is -2.42. The van der Waals surface area contributed by atoms with Gasteiger partial charge >= 0.3 is 0 Å². The van der Waals surface area contributed by atoms with Crippen LogP contribution in [-0.2, 0) is 4.79 Å². The molecule has 25 heavy (non-hydrogen) atoms. The van der Waals surface area contributed by atoms with Crippen LogP contribution in [0, 0.1) is 19.8 Å². The van der Waals surface area contributed by atoms with Crippen molar-refractivity contribution in [3.63, 3.8) is 0 Å². The Bertz CT molecular complexity index is 719. The molecule has 2 aliphatic rings. The molecule has 1 aliphatic carbocycles. The number of nitrogens with one attached hydrogen (secondary N) is 2. The van der Waals surface area contributed by atoms with Crippen molar-refractivity contribution in [2.75, 3.05) is 13.1 Å². The van der Waals surface area contributed by atoms with Crippen LogP contribution in [0.25, 0.3) is 0 Å². The quantitative estimate of drug-likeness (QED) is 0.878. The van der Waals surface area contributed by atoms with Gasteiger partial charge in [-0.2, -0.15) is 0 Å². The highest BCUT2D eigenvalue weighted by molar-refractivity contribution is 5.95. The molecule has 2 amide bonds. The Morgan fingerprint density at radius 3 is 2.56 bits per heavy atom. The smallest absolute Gasteiger partial charge is 0.261 e. The van der Waals surface area contributed by atoms with E-state index in [1.165, 1.54) is 6.42 Å². The van der Waals surface area contributed by atoms with Crippen molar-refractivity contribution in [3.05, 3.63) is 33.2 Å². The molecular weight excluding hydrogens is 318 g/mol. The highest BCUT2D eigenvalue weighted by atomic mass is 16.2. The predicted octanol–water partition coefficient (Wildman–Crippen LogP) is 1.90. The number of hydrogen-bond donors (Lipinski definition) is 2. The van der Waals surface area contributed by atoms with Crippen LogP contribution < -0.4 is 10.9 Å². The second kappa shape index (κ2) is 7.42. The van der Waals surface area contributed by atoms with Crippen LogP contribution in [0.1, 0.15) is 60.1 Å². The fourth-order valence-corrected chi connectivity index (χ4v) is 4.08. The number of H-pyrrole nitrogens is 1. The van der Waals surface area contributed by atoms with Crippen LogP contribution in [0.4, 0.5) is 0 Å². The van der Waals surface area contributed by atoms with Crippen LogP contribution in [-0.4, -0.2) is 40.8 Å². The second-order valence-corrected chi connectivity index (χ2v) is 7.42. The highest BCUT2D eigenvalue weighted by Gasteiger charge is 2.32. The number of nitrogens with zero attached hydrogens (tertiary/aromatic N) is 1. The Kier molecular flexibility index (Phi) is 5.25. The van der Waals surface area contributed by atoms with Crippen LogP contribution in [0.15, 0.2) is 10.9 Å². The molecular formula is C19H27N3O3. The monoisotopic (exact) mass is 345 g/mol. The van der Waals surface area contributed by atoms with E-state index >= 15 is 0 Å². The summed E-state index contributed by atoms with van der Waals surface area (Å²) in [7, 11) is 0. The van der Waals surface area contributed by atoms with Crippen LogP contribution >= 0.6 is 0 Å². The zero-order valence-corrected chi connectivity index (χ0v) is 15.1. The number of amides is 2. The summed E-state index contributed by atoms with van der Waals surface area (Å²) >= 11 is 0. The SMILES string of the molecule is Cc1cc(C)c(C(=O)NC2CCN(C(=O)C3CCCCC3)C2)c(=O)[nH]1. The fourth-order valence-electron chi connectivity index (χ4n) is 4.08. The lowest BCUT2D eigenvalue weighted by atomic mass is 9.88. The summed E-state index contributed by atoms with van der Waals surface area (Å²) in [5, 5.41) is 2.93. The summed E-state index contributed by atoms with van der Waals surface area (Å²) in [5.41, 5.74) is 1.22. The van der Waals surface area contributed by atoms with E-state index < -0.39 is 0 Å². The molecule has 6 nitrogen and oxygen atoms in total. The number of likely N-dealkylation sites (tertiary alicyclic amines) is 1. The van der Waals surface area contributed by atoms with Gasteiger partial charge in [-0.3, -0.25) is 14.4 Å². The van der Waals surface area contributed by atoms with Gasteiger partial charge in [0.15, 0.2) is 0 Å². The van der Waals surface area contributed by atoms with E-state index in [1.54, 1.807) is 19.9 Å². The first-order valence-corrected chi connectivity index (χ1v) is 9.26. The number of carbonyl (C=O) groups is 2. The number of aromatic amines is 1. The van der Waals surface area contributed by atoms with Crippen molar-refractivity contribution in [2.24, 2.45) is 5.92 Å². The zero-order chi connectivity index (χ0) is 18.0. The largest absolute Gasteiger partial charge is 0.347 e. The van der Waals surface area contributed by atoms with E-state index in [2.05, 4.69) is 10.3 Å². The van der Waals surface area contributed by atoms with E-state index in [0.29, 0.717) is 18.7 Å². The molecule has 1 aromatic rings. The lowest BCUT2D eigenvalue weighted by molar-refractivity contribution is -0.135. The molecule has 3 rings (SSSR count). The van der Waals surface area contributed by atoms with Gasteiger partial charge in [-0.25, -0.2) is 0 Å². The summed E-state index contributed by atoms with van der Waals surface area (Å²) in [6.07, 6.45) is 6.23. The standard InChI is InChI=1S/C19H27N3O3/c1-12-10-13(2)20-17(23)16(12)18(24)21-15-8-9-22(11-15)19(25)14-6-4-3-5-7-14/h10,14-15H,3-9,11H2,1-2H3,(H,20,23)(H,21,24). The Balaban J connectivity index is 1.60. The number of aryl methyl sites for hydroxylation is 2. The van der Waals surface area contributed by atoms with Gasteiger partial charge in [-0.1, -0.05) is 19.3 Å². The van der Waals surface area contributed by atoms with E-state index in [1.807, 2.05) is 4.90 Å². The molecule has 1 aromatic heterocycles. The Morgan fingerprint density at radius 1 is 1.16 bits per heavy atom. The normalized spacial score (nSPS) is 21.4. The molecule has 0 bridgehead atoms. The van der Waals surface area contributed by atoms with E-state index in [9.17, 15) is 14.4 Å². The van der Waals surface area contributed by atoms with E-state index in [-0.39, 0.29) is 34.9 Å². The highest BCUT2D eigenvalue weighted by Crippen LogP contribution is 2.26. The molecule has 1 unspecified atom stereocenters. The lowest BCUT2D eigenvalue weighted by Gasteiger charge is -2.26. The third kappa shape index (κ3) is 3.94. The van der Waals surface area contributed by atoms with Gasteiger partial charge < -0.3 is 15.2 Å². The predicted molar refractivity (Wildman–Crippen MR) is 95.6 cm³/mol. The van der Waals surface area contributed by atoms with Crippen molar-refractivity contribution in [1.29, 1.82) is 0 Å². The molecule has 0 spiro atoms. The van der Waals surface area contributed by atoms with E-state index in [0.717, 1.165) is 37.8 Å². The summed E-state index contributed by atoms with van der Waals surface area (Å²) in [5.74, 6) is 0.0434. The molecule has 1 saturated heterocycles.